The predicted molar refractivity (Wildman–Crippen MR) is 109 cm³/mol. The maximum absolute atomic E-state index is 11.8. The third kappa shape index (κ3) is 3.64. The summed E-state index contributed by atoms with van der Waals surface area (Å²) in [5.41, 5.74) is 1.41. The van der Waals surface area contributed by atoms with Crippen LogP contribution >= 0.6 is 11.8 Å². The molecule has 0 radical (unpaired) electrons. The van der Waals surface area contributed by atoms with Gasteiger partial charge in [-0.3, -0.25) is 4.79 Å². The van der Waals surface area contributed by atoms with E-state index in [9.17, 15) is 4.79 Å². The van der Waals surface area contributed by atoms with E-state index in [4.69, 9.17) is 4.74 Å². The summed E-state index contributed by atoms with van der Waals surface area (Å²) >= 11 is 1.75. The molecule has 1 saturated carbocycles. The fourth-order valence-electron chi connectivity index (χ4n) is 4.73. The average Bonchev–Trinajstić information content (AvgIpc) is 2.73. The fraction of sp³-hybridized carbons (Fsp3) is 0.571. The summed E-state index contributed by atoms with van der Waals surface area (Å²) in [6.45, 7) is 2.05. The number of aromatic nitrogens is 2. The smallest absolute Gasteiger partial charge is 0.308 e. The molecule has 1 aliphatic heterocycles. The van der Waals surface area contributed by atoms with Gasteiger partial charge in [0.15, 0.2) is 0 Å². The molecule has 4 rings (SSSR count). The van der Waals surface area contributed by atoms with E-state index < -0.39 is 0 Å². The summed E-state index contributed by atoms with van der Waals surface area (Å²) in [5, 5.41) is 1.15. The summed E-state index contributed by atoms with van der Waals surface area (Å²) in [5.74, 6) is 1.14. The molecule has 2 heterocycles. The molecule has 5 nitrogen and oxygen atoms in total. The zero-order valence-electron chi connectivity index (χ0n) is 16.1. The Morgan fingerprint density at radius 2 is 1.93 bits per heavy atom. The zero-order chi connectivity index (χ0) is 18.9. The quantitative estimate of drug-likeness (QED) is 0.580. The van der Waals surface area contributed by atoms with Crippen LogP contribution in [0.2, 0.25) is 0 Å². The van der Waals surface area contributed by atoms with Gasteiger partial charge in [-0.1, -0.05) is 0 Å². The molecule has 1 saturated heterocycles. The van der Waals surface area contributed by atoms with Gasteiger partial charge in [-0.25, -0.2) is 9.97 Å². The molecule has 2 aromatic rings. The van der Waals surface area contributed by atoms with Gasteiger partial charge in [0.25, 0.3) is 0 Å². The van der Waals surface area contributed by atoms with Crippen molar-refractivity contribution >= 4 is 34.5 Å². The molecule has 0 amide bonds. The topological polar surface area (TPSA) is 55.3 Å². The van der Waals surface area contributed by atoms with Crippen LogP contribution in [0.5, 0.6) is 0 Å². The largest absolute Gasteiger partial charge is 0.469 e. The molecule has 1 aliphatic carbocycles. The lowest BCUT2D eigenvalue weighted by Gasteiger charge is -2.46. The normalized spacial score (nSPS) is 20.1. The number of rotatable bonds is 3. The number of fused-ring (bicyclic) bond motifs is 1. The van der Waals surface area contributed by atoms with Gasteiger partial charge in [-0.05, 0) is 68.4 Å². The van der Waals surface area contributed by atoms with Gasteiger partial charge in [0, 0.05) is 23.4 Å². The van der Waals surface area contributed by atoms with Crippen molar-refractivity contribution in [2.75, 3.05) is 31.4 Å². The van der Waals surface area contributed by atoms with Gasteiger partial charge < -0.3 is 9.64 Å². The molecule has 1 aromatic carbocycles. The van der Waals surface area contributed by atoms with E-state index >= 15 is 0 Å². The van der Waals surface area contributed by atoms with Gasteiger partial charge in [-0.15, -0.1) is 11.8 Å². The molecule has 2 fully saturated rings. The Morgan fingerprint density at radius 3 is 2.59 bits per heavy atom. The molecule has 2 aliphatic rings. The van der Waals surface area contributed by atoms with Gasteiger partial charge in [0.2, 0.25) is 0 Å². The molecule has 0 atom stereocenters. The highest BCUT2D eigenvalue weighted by atomic mass is 32.2. The first kappa shape index (κ1) is 18.5. The monoisotopic (exact) mass is 385 g/mol. The molecular weight excluding hydrogens is 358 g/mol. The van der Waals surface area contributed by atoms with Gasteiger partial charge >= 0.3 is 5.97 Å². The molecule has 1 aromatic heterocycles. The molecule has 1 spiro atoms. The Bertz CT molecular complexity index is 823. The summed E-state index contributed by atoms with van der Waals surface area (Å²) in [6, 6.07) is 6.42. The van der Waals surface area contributed by atoms with Crippen LogP contribution in [0.1, 0.15) is 38.5 Å². The highest BCUT2D eigenvalue weighted by Crippen LogP contribution is 2.47. The van der Waals surface area contributed by atoms with E-state index in [0.29, 0.717) is 5.41 Å². The van der Waals surface area contributed by atoms with E-state index in [1.807, 2.05) is 0 Å². The number of methoxy groups -OCH3 is 1. The summed E-state index contributed by atoms with van der Waals surface area (Å²) < 4.78 is 4.94. The molecule has 0 bridgehead atoms. The number of hydrogen-bond donors (Lipinski definition) is 0. The molecular formula is C21H27N3O2S. The molecule has 144 valence electrons. The number of ether oxygens (including phenoxy) is 1. The number of nitrogens with zero attached hydrogens (tertiary/aromatic N) is 3. The van der Waals surface area contributed by atoms with E-state index in [1.54, 1.807) is 18.1 Å². The number of hydrogen-bond acceptors (Lipinski definition) is 6. The molecule has 6 heteroatoms. The van der Waals surface area contributed by atoms with Crippen LogP contribution in [0.4, 0.5) is 5.82 Å². The maximum Gasteiger partial charge on any atom is 0.308 e. The molecule has 0 unspecified atom stereocenters. The first-order valence-corrected chi connectivity index (χ1v) is 11.0. The number of anilines is 1. The van der Waals surface area contributed by atoms with E-state index in [-0.39, 0.29) is 11.9 Å². The minimum Gasteiger partial charge on any atom is -0.469 e. The highest BCUT2D eigenvalue weighted by molar-refractivity contribution is 7.98. The number of piperidine rings is 1. The number of benzene rings is 1. The average molecular weight is 386 g/mol. The lowest BCUT2D eigenvalue weighted by Crippen LogP contribution is -2.43. The minimum atomic E-state index is -0.0284. The van der Waals surface area contributed by atoms with E-state index in [1.165, 1.54) is 24.8 Å². The second-order valence-corrected chi connectivity index (χ2v) is 8.74. The number of carbonyl (C=O) groups excluding carboxylic acids is 1. The predicted octanol–water partition coefficient (Wildman–Crippen LogP) is 4.30. The second kappa shape index (κ2) is 7.66. The third-order valence-corrected chi connectivity index (χ3v) is 7.25. The second-order valence-electron chi connectivity index (χ2n) is 7.86. The van der Waals surface area contributed by atoms with Gasteiger partial charge in [-0.2, -0.15) is 0 Å². The number of esters is 1. The van der Waals surface area contributed by atoms with Crippen molar-refractivity contribution in [3.8, 4) is 0 Å². The van der Waals surface area contributed by atoms with Crippen LogP contribution in [-0.2, 0) is 9.53 Å². The van der Waals surface area contributed by atoms with Gasteiger partial charge in [0.1, 0.15) is 12.1 Å². The Kier molecular flexibility index (Phi) is 5.26. The van der Waals surface area contributed by atoms with Crippen molar-refractivity contribution in [2.45, 2.75) is 43.4 Å². The van der Waals surface area contributed by atoms with Crippen LogP contribution < -0.4 is 4.90 Å². The zero-order valence-corrected chi connectivity index (χ0v) is 16.9. The van der Waals surface area contributed by atoms with Crippen molar-refractivity contribution in [3.05, 3.63) is 24.5 Å². The Hall–Kier alpha value is -1.82. The van der Waals surface area contributed by atoms with Crippen LogP contribution in [0, 0.1) is 11.3 Å². The van der Waals surface area contributed by atoms with Gasteiger partial charge in [0.05, 0.1) is 18.5 Å². The summed E-state index contributed by atoms with van der Waals surface area (Å²) in [7, 11) is 1.50. The Morgan fingerprint density at radius 1 is 1.19 bits per heavy atom. The van der Waals surface area contributed by atoms with Crippen LogP contribution in [0.3, 0.4) is 0 Å². The Labute approximate surface area is 164 Å². The molecule has 27 heavy (non-hydrogen) atoms. The van der Waals surface area contributed by atoms with Crippen molar-refractivity contribution < 1.29 is 9.53 Å². The van der Waals surface area contributed by atoms with Crippen molar-refractivity contribution in [3.63, 3.8) is 0 Å². The molecule has 0 N–H and O–H groups in total. The van der Waals surface area contributed by atoms with Crippen molar-refractivity contribution in [1.82, 2.24) is 9.97 Å². The summed E-state index contributed by atoms with van der Waals surface area (Å²) in [6.07, 6.45) is 10.4. The fourth-order valence-corrected chi connectivity index (χ4v) is 5.17. The highest BCUT2D eigenvalue weighted by Gasteiger charge is 2.40. The van der Waals surface area contributed by atoms with Crippen LogP contribution in [0.15, 0.2) is 29.4 Å². The van der Waals surface area contributed by atoms with Crippen LogP contribution in [-0.4, -0.2) is 42.4 Å². The number of thioether (sulfide) groups is 1. The minimum absolute atomic E-state index is 0.0284. The first-order valence-electron chi connectivity index (χ1n) is 9.76. The van der Waals surface area contributed by atoms with Crippen molar-refractivity contribution in [1.29, 1.82) is 0 Å². The lowest BCUT2D eigenvalue weighted by molar-refractivity contribution is -0.147. The van der Waals surface area contributed by atoms with Crippen molar-refractivity contribution in [2.24, 2.45) is 11.3 Å². The van der Waals surface area contributed by atoms with E-state index in [0.717, 1.165) is 55.5 Å². The third-order valence-electron chi connectivity index (χ3n) is 6.53. The SMILES string of the molecule is COC(=O)C1CCC2(CC1)CCN(c1ncnc3ccc(SC)cc13)CC2. The first-order chi connectivity index (χ1) is 13.1. The van der Waals surface area contributed by atoms with E-state index in [2.05, 4.69) is 39.3 Å². The standard InChI is InChI=1S/C21H27N3O2S/c1-26-20(25)15-5-7-21(8-6-15)9-11-24(12-10-21)19-17-13-16(27-2)3-4-18(17)22-14-23-19/h3-4,13-15H,5-12H2,1-2H3. The maximum atomic E-state index is 11.8. The lowest BCUT2D eigenvalue weighted by atomic mass is 9.65. The van der Waals surface area contributed by atoms with Crippen LogP contribution in [0.25, 0.3) is 10.9 Å². The summed E-state index contributed by atoms with van der Waals surface area (Å²) in [4.78, 5) is 24.5. The number of carbonyl (C=O) groups is 1. The Balaban J connectivity index is 1.47.